The fourth-order valence-electron chi connectivity index (χ4n) is 4.78. The van der Waals surface area contributed by atoms with E-state index in [-0.39, 0.29) is 36.8 Å². The van der Waals surface area contributed by atoms with E-state index in [0.29, 0.717) is 5.56 Å². The van der Waals surface area contributed by atoms with Gasteiger partial charge in [-0.2, -0.15) is 0 Å². The van der Waals surface area contributed by atoms with Gasteiger partial charge in [0.2, 0.25) is 0 Å². The Bertz CT molecular complexity index is 1080. The second-order valence-corrected chi connectivity index (χ2v) is 8.98. The zero-order valence-corrected chi connectivity index (χ0v) is 22.2. The number of carbonyl (C=O) groups is 1. The highest BCUT2D eigenvalue weighted by atomic mass is 35.5. The van der Waals surface area contributed by atoms with Crippen LogP contribution in [0.3, 0.4) is 0 Å². The lowest BCUT2D eigenvalue weighted by atomic mass is 9.92. The largest absolute Gasteiger partial charge is 0.387 e. The van der Waals surface area contributed by atoms with E-state index >= 15 is 0 Å². The van der Waals surface area contributed by atoms with Crippen LogP contribution in [0.15, 0.2) is 54.6 Å². The molecule has 0 unspecified atom stereocenters. The standard InChI is InChI=1S/C28H35N3O2.2ClH/c1-3-17-31(18-4-2)28(33)21-14-12-20(13-15-21)26-19-23(22-9-5-6-10-24(22)30-26)27(32)25-11-7-8-16-29-25;;/h5-6,9-10,12-15,19,25,27,29,32H,3-4,7-8,11,16-18H2,1-2H3;2*1H/t25-,27+;;/m0../s1. The lowest BCUT2D eigenvalue weighted by Gasteiger charge is -2.29. The van der Waals surface area contributed by atoms with Gasteiger partial charge in [0.05, 0.1) is 17.3 Å². The van der Waals surface area contributed by atoms with Gasteiger partial charge in [-0.05, 0) is 62.1 Å². The Balaban J connectivity index is 0.00000216. The average molecular weight is 519 g/mol. The number of hydrogen-bond acceptors (Lipinski definition) is 4. The van der Waals surface area contributed by atoms with Crippen LogP contribution >= 0.6 is 24.8 Å². The summed E-state index contributed by atoms with van der Waals surface area (Å²) in [6.45, 7) is 6.69. The van der Waals surface area contributed by atoms with Gasteiger partial charge >= 0.3 is 0 Å². The summed E-state index contributed by atoms with van der Waals surface area (Å²) in [6, 6.07) is 17.8. The highest BCUT2D eigenvalue weighted by molar-refractivity contribution is 5.95. The van der Waals surface area contributed by atoms with Crippen LogP contribution in [0.25, 0.3) is 22.2 Å². The average Bonchev–Trinajstić information content (AvgIpc) is 2.87. The predicted molar refractivity (Wildman–Crippen MR) is 149 cm³/mol. The molecule has 1 aliphatic heterocycles. The predicted octanol–water partition coefficient (Wildman–Crippen LogP) is 6.18. The van der Waals surface area contributed by atoms with Crippen molar-refractivity contribution in [1.82, 2.24) is 15.2 Å². The quantitative estimate of drug-likeness (QED) is 0.374. The number of benzene rings is 2. The van der Waals surface area contributed by atoms with E-state index in [0.717, 1.165) is 79.5 Å². The van der Waals surface area contributed by atoms with Gasteiger partial charge in [-0.15, -0.1) is 24.8 Å². The molecular weight excluding hydrogens is 481 g/mol. The molecule has 0 radical (unpaired) electrons. The Labute approximate surface area is 221 Å². The first-order valence-electron chi connectivity index (χ1n) is 12.3. The van der Waals surface area contributed by atoms with Crippen LogP contribution in [0, 0.1) is 0 Å². The maximum Gasteiger partial charge on any atom is 0.253 e. The van der Waals surface area contributed by atoms with Crippen molar-refractivity contribution in [2.24, 2.45) is 0 Å². The minimum Gasteiger partial charge on any atom is -0.387 e. The molecule has 190 valence electrons. The number of nitrogens with zero attached hydrogens (tertiary/aromatic N) is 2. The number of hydrogen-bond donors (Lipinski definition) is 2. The number of rotatable bonds is 8. The molecule has 2 N–H and O–H groups in total. The Hall–Kier alpha value is -2.18. The van der Waals surface area contributed by atoms with Crippen molar-refractivity contribution in [1.29, 1.82) is 0 Å². The smallest absolute Gasteiger partial charge is 0.253 e. The molecule has 1 aliphatic rings. The summed E-state index contributed by atoms with van der Waals surface area (Å²) < 4.78 is 0. The Morgan fingerprint density at radius 2 is 1.74 bits per heavy atom. The first-order chi connectivity index (χ1) is 16.1. The van der Waals surface area contributed by atoms with Gasteiger partial charge in [0.1, 0.15) is 0 Å². The minimum absolute atomic E-state index is 0. The van der Waals surface area contributed by atoms with Gasteiger partial charge in [0.15, 0.2) is 0 Å². The summed E-state index contributed by atoms with van der Waals surface area (Å²) in [5.74, 6) is 0.0798. The molecule has 1 amide bonds. The third-order valence-corrected chi connectivity index (χ3v) is 6.50. The molecule has 7 heteroatoms. The van der Waals surface area contributed by atoms with Crippen molar-refractivity contribution in [2.45, 2.75) is 58.1 Å². The normalized spacial score (nSPS) is 16.1. The second kappa shape index (κ2) is 13.8. The molecular formula is C28H37Cl2N3O2. The topological polar surface area (TPSA) is 65.5 Å². The van der Waals surface area contributed by atoms with Crippen LogP contribution in [-0.2, 0) is 0 Å². The van der Waals surface area contributed by atoms with Gasteiger partial charge in [-0.25, -0.2) is 4.98 Å². The maximum atomic E-state index is 12.9. The Morgan fingerprint density at radius 1 is 1.06 bits per heavy atom. The molecule has 3 aromatic rings. The number of carbonyl (C=O) groups excluding carboxylic acids is 1. The SMILES string of the molecule is CCCN(CCC)C(=O)c1ccc(-c2cc([C@@H](O)[C@@H]3CCCCN3)c3ccccc3n2)cc1.Cl.Cl. The lowest BCUT2D eigenvalue weighted by molar-refractivity contribution is 0.0755. The third kappa shape index (κ3) is 6.73. The van der Waals surface area contributed by atoms with Gasteiger partial charge in [-0.1, -0.05) is 50.6 Å². The molecule has 0 saturated carbocycles. The first kappa shape index (κ1) is 29.1. The van der Waals surface area contributed by atoms with E-state index in [4.69, 9.17) is 4.98 Å². The van der Waals surface area contributed by atoms with E-state index in [1.807, 2.05) is 59.5 Å². The summed E-state index contributed by atoms with van der Waals surface area (Å²) in [4.78, 5) is 19.7. The van der Waals surface area contributed by atoms with E-state index in [1.54, 1.807) is 0 Å². The minimum atomic E-state index is -0.588. The van der Waals surface area contributed by atoms with Gasteiger partial charge in [-0.3, -0.25) is 4.79 Å². The summed E-state index contributed by atoms with van der Waals surface area (Å²) in [5.41, 5.74) is 4.24. The number of aromatic nitrogens is 1. The number of amides is 1. The van der Waals surface area contributed by atoms with E-state index in [9.17, 15) is 9.90 Å². The molecule has 2 atom stereocenters. The van der Waals surface area contributed by atoms with Crippen LogP contribution in [0.5, 0.6) is 0 Å². The van der Waals surface area contributed by atoms with Gasteiger partial charge in [0.25, 0.3) is 5.91 Å². The van der Waals surface area contributed by atoms with Crippen molar-refractivity contribution in [3.63, 3.8) is 0 Å². The van der Waals surface area contributed by atoms with Gasteiger partial charge in [0, 0.05) is 35.6 Å². The van der Waals surface area contributed by atoms with Gasteiger partial charge < -0.3 is 15.3 Å². The zero-order chi connectivity index (χ0) is 23.2. The number of piperidine rings is 1. The highest BCUT2D eigenvalue weighted by Gasteiger charge is 2.25. The van der Waals surface area contributed by atoms with E-state index < -0.39 is 6.10 Å². The molecule has 0 bridgehead atoms. The molecule has 0 aliphatic carbocycles. The number of nitrogens with one attached hydrogen (secondary N) is 1. The molecule has 4 rings (SSSR count). The highest BCUT2D eigenvalue weighted by Crippen LogP contribution is 2.32. The fourth-order valence-corrected chi connectivity index (χ4v) is 4.78. The number of para-hydroxylation sites is 1. The Kier molecular flexibility index (Phi) is 11.4. The summed E-state index contributed by atoms with van der Waals surface area (Å²) in [6.07, 6.45) is 4.57. The number of aliphatic hydroxyl groups excluding tert-OH is 1. The molecule has 2 aromatic carbocycles. The number of aliphatic hydroxyl groups is 1. The Morgan fingerprint density at radius 3 is 2.37 bits per heavy atom. The molecule has 1 fully saturated rings. The van der Waals surface area contributed by atoms with Crippen LogP contribution in [0.4, 0.5) is 0 Å². The molecule has 5 nitrogen and oxygen atoms in total. The van der Waals surface area contributed by atoms with Crippen LogP contribution in [0.2, 0.25) is 0 Å². The van der Waals surface area contributed by atoms with Crippen LogP contribution in [0.1, 0.15) is 68.0 Å². The van der Waals surface area contributed by atoms with Crippen molar-refractivity contribution >= 4 is 41.6 Å². The third-order valence-electron chi connectivity index (χ3n) is 6.50. The fraction of sp³-hybridized carbons (Fsp3) is 0.429. The van der Waals surface area contributed by atoms with E-state index in [1.165, 1.54) is 0 Å². The zero-order valence-electron chi connectivity index (χ0n) is 20.6. The second-order valence-electron chi connectivity index (χ2n) is 8.98. The van der Waals surface area contributed by atoms with E-state index in [2.05, 4.69) is 19.2 Å². The maximum absolute atomic E-state index is 12.9. The molecule has 0 spiro atoms. The first-order valence-corrected chi connectivity index (χ1v) is 12.3. The van der Waals surface area contributed by atoms with Crippen LogP contribution in [-0.4, -0.2) is 46.6 Å². The summed E-state index contributed by atoms with van der Waals surface area (Å²) >= 11 is 0. The molecule has 1 saturated heterocycles. The molecule has 1 aromatic heterocycles. The molecule has 35 heavy (non-hydrogen) atoms. The van der Waals surface area contributed by atoms with Crippen LogP contribution < -0.4 is 5.32 Å². The number of halogens is 2. The summed E-state index contributed by atoms with van der Waals surface area (Å²) in [7, 11) is 0. The van der Waals surface area contributed by atoms with Crippen molar-refractivity contribution in [2.75, 3.05) is 19.6 Å². The monoisotopic (exact) mass is 517 g/mol. The number of pyridine rings is 1. The van der Waals surface area contributed by atoms with Crippen molar-refractivity contribution in [3.8, 4) is 11.3 Å². The number of fused-ring (bicyclic) bond motifs is 1. The molecule has 2 heterocycles. The lowest BCUT2D eigenvalue weighted by Crippen LogP contribution is -2.38. The van der Waals surface area contributed by atoms with Crippen molar-refractivity contribution in [3.05, 3.63) is 65.7 Å². The summed E-state index contributed by atoms with van der Waals surface area (Å²) in [5, 5.41) is 15.7. The van der Waals surface area contributed by atoms with Crippen molar-refractivity contribution < 1.29 is 9.90 Å².